The van der Waals surface area contributed by atoms with Crippen LogP contribution in [-0.2, 0) is 19.1 Å². The lowest BCUT2D eigenvalue weighted by Gasteiger charge is -2.35. The second kappa shape index (κ2) is 7.55. The number of hydrogen-bond donors (Lipinski definition) is 0. The molecule has 1 spiro atoms. The quantitative estimate of drug-likeness (QED) is 0.718. The second-order valence-corrected chi connectivity index (χ2v) is 8.49. The van der Waals surface area contributed by atoms with Crippen LogP contribution in [0.15, 0.2) is 0 Å². The predicted octanol–water partition coefficient (Wildman–Crippen LogP) is 0.588. The highest BCUT2D eigenvalue weighted by Crippen LogP contribution is 2.35. The van der Waals surface area contributed by atoms with Crippen molar-refractivity contribution in [2.24, 2.45) is 17.3 Å². The average Bonchev–Trinajstić information content (AvgIpc) is 2.79. The van der Waals surface area contributed by atoms with Crippen molar-refractivity contribution in [2.75, 3.05) is 53.0 Å². The van der Waals surface area contributed by atoms with E-state index >= 15 is 0 Å². The molecule has 0 unspecified atom stereocenters. The molecule has 3 fully saturated rings. The molecule has 3 amide bonds. The predicted molar refractivity (Wildman–Crippen MR) is 96.2 cm³/mol. The number of likely N-dealkylation sites (tertiary alicyclic amines) is 1. The lowest BCUT2D eigenvalue weighted by Crippen LogP contribution is -2.47. The Bertz CT molecular complexity index is 573. The van der Waals surface area contributed by atoms with E-state index in [1.54, 1.807) is 11.9 Å². The van der Waals surface area contributed by atoms with E-state index in [1.807, 2.05) is 23.6 Å². The molecule has 0 aliphatic carbocycles. The molecule has 0 N–H and O–H groups in total. The van der Waals surface area contributed by atoms with Crippen molar-refractivity contribution in [3.63, 3.8) is 0 Å². The van der Waals surface area contributed by atoms with Crippen LogP contribution in [0, 0.1) is 17.3 Å². The van der Waals surface area contributed by atoms with E-state index in [2.05, 4.69) is 0 Å². The number of ether oxygens (including phenoxy) is 1. The van der Waals surface area contributed by atoms with Crippen molar-refractivity contribution in [1.82, 2.24) is 14.7 Å². The van der Waals surface area contributed by atoms with Crippen LogP contribution < -0.4 is 0 Å². The summed E-state index contributed by atoms with van der Waals surface area (Å²) in [7, 11) is 1.81. The van der Waals surface area contributed by atoms with E-state index in [1.165, 1.54) is 0 Å². The fourth-order valence-corrected chi connectivity index (χ4v) is 4.52. The zero-order chi connectivity index (χ0) is 18.9. The molecule has 7 nitrogen and oxygen atoms in total. The maximum absolute atomic E-state index is 13.1. The van der Waals surface area contributed by atoms with Gasteiger partial charge >= 0.3 is 0 Å². The summed E-state index contributed by atoms with van der Waals surface area (Å²) < 4.78 is 5.38. The molecular weight excluding hydrogens is 334 g/mol. The first-order chi connectivity index (χ1) is 12.3. The third-order valence-corrected chi connectivity index (χ3v) is 5.90. The van der Waals surface area contributed by atoms with Crippen molar-refractivity contribution >= 4 is 17.7 Å². The molecule has 3 aliphatic rings. The normalized spacial score (nSPS) is 28.2. The van der Waals surface area contributed by atoms with Gasteiger partial charge in [0.2, 0.25) is 17.7 Å². The number of carbonyl (C=O) groups is 3. The van der Waals surface area contributed by atoms with Crippen LogP contribution in [0.5, 0.6) is 0 Å². The van der Waals surface area contributed by atoms with E-state index in [4.69, 9.17) is 4.74 Å². The Hall–Kier alpha value is -1.63. The molecule has 3 aliphatic heterocycles. The highest BCUT2D eigenvalue weighted by Gasteiger charge is 2.47. The Balaban J connectivity index is 1.81. The number of hydrogen-bond acceptors (Lipinski definition) is 4. The van der Waals surface area contributed by atoms with E-state index in [-0.39, 0.29) is 35.0 Å². The van der Waals surface area contributed by atoms with Gasteiger partial charge in [-0.1, -0.05) is 13.8 Å². The van der Waals surface area contributed by atoms with Gasteiger partial charge in [0.15, 0.2) is 0 Å². The smallest absolute Gasteiger partial charge is 0.225 e. The summed E-state index contributed by atoms with van der Waals surface area (Å²) in [5.74, 6) is 0.283. The third kappa shape index (κ3) is 3.87. The number of nitrogens with zero attached hydrogens (tertiary/aromatic N) is 3. The fraction of sp³-hybridized carbons (Fsp3) is 0.842. The van der Waals surface area contributed by atoms with Gasteiger partial charge in [0.05, 0.1) is 0 Å². The lowest BCUT2D eigenvalue weighted by atomic mass is 9.85. The summed E-state index contributed by atoms with van der Waals surface area (Å²) >= 11 is 0. The molecule has 3 heterocycles. The largest absolute Gasteiger partial charge is 0.381 e. The Morgan fingerprint density at radius 2 is 1.69 bits per heavy atom. The topological polar surface area (TPSA) is 70.2 Å². The molecule has 26 heavy (non-hydrogen) atoms. The van der Waals surface area contributed by atoms with Crippen molar-refractivity contribution in [1.29, 1.82) is 0 Å². The van der Waals surface area contributed by atoms with Gasteiger partial charge in [-0.2, -0.15) is 0 Å². The summed E-state index contributed by atoms with van der Waals surface area (Å²) in [5, 5.41) is 0. The zero-order valence-electron chi connectivity index (χ0n) is 16.2. The molecule has 3 saturated heterocycles. The van der Waals surface area contributed by atoms with E-state index < -0.39 is 0 Å². The van der Waals surface area contributed by atoms with Gasteiger partial charge in [-0.25, -0.2) is 0 Å². The first-order valence-corrected chi connectivity index (χ1v) is 9.71. The number of carbonyl (C=O) groups excluding carboxylic acids is 3. The first kappa shape index (κ1) is 19.1. The zero-order valence-corrected chi connectivity index (χ0v) is 16.2. The van der Waals surface area contributed by atoms with Crippen LogP contribution in [-0.4, -0.2) is 85.4 Å². The summed E-state index contributed by atoms with van der Waals surface area (Å²) in [6.07, 6.45) is 1.93. The number of amides is 3. The molecular formula is C19H31N3O4. The molecule has 7 heteroatoms. The molecule has 0 saturated carbocycles. The molecule has 0 aromatic carbocycles. The SMILES string of the molecule is CC(C)C(=O)N1CCN(C(=O)C2CCOCC2)C[C@@]2(CC(=O)N(C)C2)C1. The molecule has 1 atom stereocenters. The van der Waals surface area contributed by atoms with E-state index in [9.17, 15) is 14.4 Å². The van der Waals surface area contributed by atoms with Crippen LogP contribution in [0.4, 0.5) is 0 Å². The standard InChI is InChI=1S/C19H31N3O4/c1-14(2)17(24)21-6-7-22(18(25)15-4-8-26-9-5-15)13-19(12-21)10-16(23)20(3)11-19/h14-15H,4-13H2,1-3H3/t19-/m1/s1. The van der Waals surface area contributed by atoms with Crippen LogP contribution in [0.25, 0.3) is 0 Å². The molecule has 0 aromatic rings. The molecule has 0 aromatic heterocycles. The average molecular weight is 365 g/mol. The molecule has 0 bridgehead atoms. The summed E-state index contributed by atoms with van der Waals surface area (Å²) in [6.45, 7) is 7.88. The highest BCUT2D eigenvalue weighted by atomic mass is 16.5. The van der Waals surface area contributed by atoms with Crippen molar-refractivity contribution in [3.8, 4) is 0 Å². The van der Waals surface area contributed by atoms with E-state index in [0.717, 1.165) is 12.8 Å². The Kier molecular flexibility index (Phi) is 5.55. The van der Waals surface area contributed by atoms with Gasteiger partial charge in [-0.3, -0.25) is 14.4 Å². The fourth-order valence-electron chi connectivity index (χ4n) is 4.52. The summed E-state index contributed by atoms with van der Waals surface area (Å²) in [5.41, 5.74) is -0.353. The summed E-state index contributed by atoms with van der Waals surface area (Å²) in [4.78, 5) is 43.5. The van der Waals surface area contributed by atoms with Gasteiger partial charge in [-0.15, -0.1) is 0 Å². The highest BCUT2D eigenvalue weighted by molar-refractivity contribution is 5.82. The van der Waals surface area contributed by atoms with Gasteiger partial charge in [-0.05, 0) is 12.8 Å². The number of rotatable bonds is 2. The molecule has 146 valence electrons. The Morgan fingerprint density at radius 3 is 2.27 bits per heavy atom. The van der Waals surface area contributed by atoms with Crippen molar-refractivity contribution in [2.45, 2.75) is 33.1 Å². The molecule has 0 radical (unpaired) electrons. The monoisotopic (exact) mass is 365 g/mol. The van der Waals surface area contributed by atoms with Crippen LogP contribution in [0.1, 0.15) is 33.1 Å². The minimum absolute atomic E-state index is 0.00276. The second-order valence-electron chi connectivity index (χ2n) is 8.49. The summed E-state index contributed by atoms with van der Waals surface area (Å²) in [6, 6.07) is 0. The van der Waals surface area contributed by atoms with Crippen molar-refractivity contribution in [3.05, 3.63) is 0 Å². The van der Waals surface area contributed by atoms with Gasteiger partial charge in [0, 0.05) is 76.7 Å². The minimum Gasteiger partial charge on any atom is -0.381 e. The Morgan fingerprint density at radius 1 is 1.08 bits per heavy atom. The minimum atomic E-state index is -0.353. The molecule has 3 rings (SSSR count). The first-order valence-electron chi connectivity index (χ1n) is 9.71. The van der Waals surface area contributed by atoms with Gasteiger partial charge in [0.1, 0.15) is 0 Å². The Labute approximate surface area is 155 Å². The third-order valence-electron chi connectivity index (χ3n) is 5.90. The van der Waals surface area contributed by atoms with Crippen LogP contribution >= 0.6 is 0 Å². The lowest BCUT2D eigenvalue weighted by molar-refractivity contribution is -0.140. The van der Waals surface area contributed by atoms with Gasteiger partial charge in [0.25, 0.3) is 0 Å². The maximum atomic E-state index is 13.1. The van der Waals surface area contributed by atoms with Gasteiger partial charge < -0.3 is 19.4 Å². The van der Waals surface area contributed by atoms with Crippen LogP contribution in [0.2, 0.25) is 0 Å². The van der Waals surface area contributed by atoms with Crippen molar-refractivity contribution < 1.29 is 19.1 Å². The van der Waals surface area contributed by atoms with E-state index in [0.29, 0.717) is 52.4 Å². The maximum Gasteiger partial charge on any atom is 0.225 e. The van der Waals surface area contributed by atoms with Crippen LogP contribution in [0.3, 0.4) is 0 Å².